The Hall–Kier alpha value is -2.58. The van der Waals surface area contributed by atoms with Crippen LogP contribution < -0.4 is 4.74 Å². The summed E-state index contributed by atoms with van der Waals surface area (Å²) < 4.78 is 14.3. The Morgan fingerprint density at radius 2 is 1.94 bits per heavy atom. The Morgan fingerprint density at radius 3 is 2.66 bits per heavy atom. The number of hydrogen-bond donors (Lipinski definition) is 1. The molecule has 1 saturated carbocycles. The summed E-state index contributed by atoms with van der Waals surface area (Å²) in [5.74, 6) is 1.15. The number of aromatic nitrogens is 2. The molecule has 1 amide bonds. The molecule has 3 aromatic rings. The maximum absolute atomic E-state index is 11.1. The average Bonchev–Trinajstić information content (AvgIpc) is 3.22. The van der Waals surface area contributed by atoms with Crippen LogP contribution in [0.15, 0.2) is 53.3 Å². The van der Waals surface area contributed by atoms with Crippen LogP contribution in [0.2, 0.25) is 0 Å². The van der Waals surface area contributed by atoms with Crippen molar-refractivity contribution in [2.45, 2.75) is 38.2 Å². The summed E-state index contributed by atoms with van der Waals surface area (Å²) >= 11 is 3.73. The molecular weight excluding hydrogens is 474 g/mol. The number of fused-ring (bicyclic) bond motifs is 1. The lowest BCUT2D eigenvalue weighted by Crippen LogP contribution is -2.59. The van der Waals surface area contributed by atoms with E-state index in [2.05, 4.69) is 21.0 Å². The van der Waals surface area contributed by atoms with Crippen LogP contribution in [0.25, 0.3) is 5.52 Å². The van der Waals surface area contributed by atoms with Gasteiger partial charge in [-0.3, -0.25) is 0 Å². The number of ether oxygens (including phenoxy) is 2. The highest BCUT2D eigenvalue weighted by atomic mass is 79.9. The second-order valence-electron chi connectivity index (χ2n) is 8.90. The molecule has 0 bridgehead atoms. The van der Waals surface area contributed by atoms with Crippen molar-refractivity contribution < 1.29 is 19.4 Å². The SMILES string of the molecule is O=C(O)N1CC2(CCC(c3cnn4ccc(OCOCc5ccccc5)c(Br)c34)CC2)C1. The predicted octanol–water partition coefficient (Wildman–Crippen LogP) is 5.29. The Labute approximate surface area is 195 Å². The number of amides is 1. The number of benzene rings is 1. The number of pyridine rings is 1. The number of carboxylic acid groups (broad SMARTS) is 1. The minimum Gasteiger partial charge on any atom is -0.466 e. The van der Waals surface area contributed by atoms with Crippen molar-refractivity contribution in [1.82, 2.24) is 14.5 Å². The Morgan fingerprint density at radius 1 is 1.19 bits per heavy atom. The van der Waals surface area contributed by atoms with E-state index >= 15 is 0 Å². The van der Waals surface area contributed by atoms with Gasteiger partial charge in [0.15, 0.2) is 6.79 Å². The molecule has 5 rings (SSSR count). The zero-order valence-electron chi connectivity index (χ0n) is 17.7. The molecule has 2 aliphatic rings. The van der Waals surface area contributed by atoms with Crippen molar-refractivity contribution in [3.8, 4) is 5.75 Å². The molecule has 2 aromatic heterocycles. The second-order valence-corrected chi connectivity index (χ2v) is 9.69. The molecule has 0 radical (unpaired) electrons. The lowest BCUT2D eigenvalue weighted by Gasteiger charge is -2.52. The van der Waals surface area contributed by atoms with Crippen molar-refractivity contribution in [1.29, 1.82) is 0 Å². The minimum absolute atomic E-state index is 0.166. The average molecular weight is 500 g/mol. The molecule has 1 aliphatic heterocycles. The zero-order chi connectivity index (χ0) is 22.1. The topological polar surface area (TPSA) is 76.3 Å². The minimum atomic E-state index is -0.801. The molecule has 3 heterocycles. The third-order valence-electron chi connectivity index (χ3n) is 6.83. The second kappa shape index (κ2) is 8.75. The van der Waals surface area contributed by atoms with E-state index in [1.807, 2.05) is 53.3 Å². The van der Waals surface area contributed by atoms with Gasteiger partial charge in [0, 0.05) is 30.3 Å². The quantitative estimate of drug-likeness (QED) is 0.368. The summed E-state index contributed by atoms with van der Waals surface area (Å²) in [6.45, 7) is 2.02. The Kier molecular flexibility index (Phi) is 5.82. The summed E-state index contributed by atoms with van der Waals surface area (Å²) in [6, 6.07) is 11.9. The maximum Gasteiger partial charge on any atom is 0.407 e. The number of hydrogen-bond acceptors (Lipinski definition) is 4. The van der Waals surface area contributed by atoms with E-state index < -0.39 is 6.09 Å². The molecule has 1 spiro atoms. The molecule has 0 unspecified atom stereocenters. The fourth-order valence-electron chi connectivity index (χ4n) is 5.05. The van der Waals surface area contributed by atoms with Gasteiger partial charge in [-0.25, -0.2) is 9.31 Å². The van der Waals surface area contributed by atoms with Crippen LogP contribution in [0.4, 0.5) is 4.79 Å². The number of carbonyl (C=O) groups is 1. The van der Waals surface area contributed by atoms with Gasteiger partial charge >= 0.3 is 6.09 Å². The lowest BCUT2D eigenvalue weighted by molar-refractivity contribution is -0.0187. The van der Waals surface area contributed by atoms with Gasteiger partial charge in [-0.1, -0.05) is 30.3 Å². The number of halogens is 1. The lowest BCUT2D eigenvalue weighted by atomic mass is 9.65. The molecule has 8 heteroatoms. The van der Waals surface area contributed by atoms with Gasteiger partial charge in [0.25, 0.3) is 0 Å². The van der Waals surface area contributed by atoms with Gasteiger partial charge in [0.1, 0.15) is 5.75 Å². The van der Waals surface area contributed by atoms with Crippen LogP contribution in [-0.4, -0.2) is 45.6 Å². The molecule has 2 fully saturated rings. The summed E-state index contributed by atoms with van der Waals surface area (Å²) in [5, 5.41) is 13.7. The van der Waals surface area contributed by atoms with Crippen LogP contribution in [0.1, 0.15) is 42.7 Å². The van der Waals surface area contributed by atoms with Gasteiger partial charge in [-0.05, 0) is 59.2 Å². The molecule has 168 valence electrons. The van der Waals surface area contributed by atoms with E-state index in [-0.39, 0.29) is 12.2 Å². The first kappa shape index (κ1) is 21.3. The van der Waals surface area contributed by atoms with Crippen LogP contribution in [-0.2, 0) is 11.3 Å². The summed E-state index contributed by atoms with van der Waals surface area (Å²) in [5.41, 5.74) is 3.54. The summed E-state index contributed by atoms with van der Waals surface area (Å²) in [4.78, 5) is 12.7. The van der Waals surface area contributed by atoms with Gasteiger partial charge in [0.05, 0.1) is 22.8 Å². The van der Waals surface area contributed by atoms with Gasteiger partial charge < -0.3 is 19.5 Å². The summed E-state index contributed by atoms with van der Waals surface area (Å²) in [7, 11) is 0. The van der Waals surface area contributed by atoms with E-state index in [1.165, 1.54) is 10.5 Å². The van der Waals surface area contributed by atoms with E-state index in [0.29, 0.717) is 25.6 Å². The van der Waals surface area contributed by atoms with Crippen molar-refractivity contribution in [2.75, 3.05) is 19.9 Å². The number of rotatable bonds is 6. The van der Waals surface area contributed by atoms with E-state index in [0.717, 1.165) is 47.0 Å². The number of nitrogens with zero attached hydrogens (tertiary/aromatic N) is 3. The van der Waals surface area contributed by atoms with Crippen LogP contribution >= 0.6 is 15.9 Å². The fourth-order valence-corrected chi connectivity index (χ4v) is 5.71. The molecular formula is C24H26BrN3O4. The Bertz CT molecular complexity index is 1100. The summed E-state index contributed by atoms with van der Waals surface area (Å²) in [6.07, 6.45) is 7.28. The zero-order valence-corrected chi connectivity index (χ0v) is 19.3. The van der Waals surface area contributed by atoms with E-state index in [4.69, 9.17) is 14.6 Å². The molecule has 0 atom stereocenters. The van der Waals surface area contributed by atoms with Gasteiger partial charge in [0.2, 0.25) is 0 Å². The van der Waals surface area contributed by atoms with E-state index in [1.54, 1.807) is 0 Å². The van der Waals surface area contributed by atoms with Crippen molar-refractivity contribution in [3.63, 3.8) is 0 Å². The highest BCUT2D eigenvalue weighted by molar-refractivity contribution is 9.10. The predicted molar refractivity (Wildman–Crippen MR) is 123 cm³/mol. The van der Waals surface area contributed by atoms with Crippen molar-refractivity contribution in [3.05, 3.63) is 64.4 Å². The van der Waals surface area contributed by atoms with Crippen molar-refractivity contribution >= 4 is 27.5 Å². The van der Waals surface area contributed by atoms with E-state index in [9.17, 15) is 4.79 Å². The largest absolute Gasteiger partial charge is 0.466 e. The van der Waals surface area contributed by atoms with Crippen LogP contribution in [0.5, 0.6) is 5.75 Å². The first-order chi connectivity index (χ1) is 15.5. The van der Waals surface area contributed by atoms with Crippen molar-refractivity contribution in [2.24, 2.45) is 5.41 Å². The fraction of sp³-hybridized carbons (Fsp3) is 0.417. The maximum atomic E-state index is 11.1. The number of likely N-dealkylation sites (tertiary alicyclic amines) is 1. The smallest absolute Gasteiger partial charge is 0.407 e. The Balaban J connectivity index is 1.24. The first-order valence-corrected chi connectivity index (χ1v) is 11.7. The van der Waals surface area contributed by atoms with Gasteiger partial charge in [-0.15, -0.1) is 0 Å². The monoisotopic (exact) mass is 499 g/mol. The third kappa shape index (κ3) is 4.09. The standard InChI is InChI=1S/C24H26BrN3O4/c25-21-20(32-16-31-13-17-4-2-1-3-5-17)8-11-28-22(21)19(12-26-28)18-6-9-24(10-7-18)14-27(15-24)23(29)30/h1-5,8,11-12,18H,6-7,9-10,13-16H2,(H,29,30). The molecule has 1 aliphatic carbocycles. The van der Waals surface area contributed by atoms with Crippen LogP contribution in [0, 0.1) is 5.41 Å². The molecule has 32 heavy (non-hydrogen) atoms. The molecule has 7 nitrogen and oxygen atoms in total. The normalized spacial score (nSPS) is 18.1. The van der Waals surface area contributed by atoms with Crippen LogP contribution in [0.3, 0.4) is 0 Å². The van der Waals surface area contributed by atoms with Gasteiger partial charge in [-0.2, -0.15) is 5.10 Å². The molecule has 1 saturated heterocycles. The molecule has 1 aromatic carbocycles. The molecule has 1 N–H and O–H groups in total. The first-order valence-electron chi connectivity index (χ1n) is 10.9. The highest BCUT2D eigenvalue weighted by Crippen LogP contribution is 2.49. The third-order valence-corrected chi connectivity index (χ3v) is 7.60. The highest BCUT2D eigenvalue weighted by Gasteiger charge is 2.47.